The Bertz CT molecular complexity index is 622. The van der Waals surface area contributed by atoms with E-state index in [1.165, 1.54) is 9.79 Å². The van der Waals surface area contributed by atoms with Crippen molar-refractivity contribution in [3.8, 4) is 11.2 Å². The fourth-order valence-corrected chi connectivity index (χ4v) is 3.35. The molecule has 0 aliphatic rings. The van der Waals surface area contributed by atoms with Gasteiger partial charge in [-0.25, -0.2) is 0 Å². The van der Waals surface area contributed by atoms with Gasteiger partial charge in [-0.3, -0.25) is 0 Å². The van der Waals surface area contributed by atoms with Crippen LogP contribution in [-0.4, -0.2) is 7.25 Å². The monoisotopic (exact) mass is 354 g/mol. The minimum Gasteiger partial charge on any atom is -0.418 e. The van der Waals surface area contributed by atoms with Gasteiger partial charge in [0.15, 0.2) is 15.0 Å². The minimum atomic E-state index is -6.00. The van der Waals surface area contributed by atoms with E-state index in [2.05, 4.69) is 80.5 Å². The van der Waals surface area contributed by atoms with Gasteiger partial charge in [0.1, 0.15) is 10.9 Å². The lowest BCUT2D eigenvalue weighted by Gasteiger charge is -2.06. The smallest absolute Gasteiger partial charge is 0.418 e. The van der Waals surface area contributed by atoms with Gasteiger partial charge in [-0.1, -0.05) is 36.4 Å². The molecular formula is C18H19BF4S. The van der Waals surface area contributed by atoms with E-state index in [0.717, 1.165) is 0 Å². The molecule has 0 radical (unpaired) electrons. The van der Waals surface area contributed by atoms with Gasteiger partial charge in [-0.2, -0.15) is 0 Å². The molecular weight excluding hydrogens is 335 g/mol. The normalized spacial score (nSPS) is 11.2. The molecule has 128 valence electrons. The maximum absolute atomic E-state index is 9.75. The SMILES string of the molecule is CC(C)(C)C#C[S+](c1ccccc1)c1ccccc1.F[B-](F)(F)F. The van der Waals surface area contributed by atoms with Crippen molar-refractivity contribution in [2.45, 2.75) is 30.6 Å². The molecule has 0 aliphatic heterocycles. The number of hydrogen-bond acceptors (Lipinski definition) is 0. The Morgan fingerprint density at radius 3 is 1.38 bits per heavy atom. The van der Waals surface area contributed by atoms with Crippen LogP contribution in [0.1, 0.15) is 20.8 Å². The van der Waals surface area contributed by atoms with Crippen LogP contribution in [0.2, 0.25) is 0 Å². The molecule has 2 rings (SSSR count). The maximum Gasteiger partial charge on any atom is 0.673 e. The van der Waals surface area contributed by atoms with Gasteiger partial charge in [0.2, 0.25) is 0 Å². The lowest BCUT2D eigenvalue weighted by Crippen LogP contribution is -2.04. The molecule has 0 saturated heterocycles. The molecule has 0 N–H and O–H groups in total. The van der Waals surface area contributed by atoms with Crippen molar-refractivity contribution in [2.75, 3.05) is 0 Å². The third kappa shape index (κ3) is 9.31. The summed E-state index contributed by atoms with van der Waals surface area (Å²) in [7, 11) is -6.16. The number of rotatable bonds is 2. The van der Waals surface area contributed by atoms with Crippen molar-refractivity contribution >= 4 is 18.1 Å². The van der Waals surface area contributed by atoms with E-state index < -0.39 is 7.25 Å². The standard InChI is InChI=1S/C18H19S.BF4/c1-18(2,3)14-15-19(16-10-6-4-7-11-16)17-12-8-5-9-13-17;2-1(3,4)5/h4-13H,1-3H3;/q+1;-1. The van der Waals surface area contributed by atoms with E-state index in [-0.39, 0.29) is 16.3 Å². The molecule has 0 aliphatic carbocycles. The summed E-state index contributed by atoms with van der Waals surface area (Å²) < 4.78 is 39.0. The van der Waals surface area contributed by atoms with Crippen LogP contribution < -0.4 is 0 Å². The predicted molar refractivity (Wildman–Crippen MR) is 94.2 cm³/mol. The topological polar surface area (TPSA) is 0 Å². The summed E-state index contributed by atoms with van der Waals surface area (Å²) in [5, 5.41) is 3.47. The zero-order valence-corrected chi connectivity index (χ0v) is 14.6. The van der Waals surface area contributed by atoms with Gasteiger partial charge in [-0.15, -0.1) is 0 Å². The summed E-state index contributed by atoms with van der Waals surface area (Å²) in [6, 6.07) is 21.1. The van der Waals surface area contributed by atoms with Crippen LogP contribution in [-0.2, 0) is 10.9 Å². The van der Waals surface area contributed by atoms with E-state index in [0.29, 0.717) is 0 Å². The van der Waals surface area contributed by atoms with Crippen molar-refractivity contribution in [3.63, 3.8) is 0 Å². The molecule has 0 nitrogen and oxygen atoms in total. The second-order valence-electron chi connectivity index (χ2n) is 5.90. The largest absolute Gasteiger partial charge is 0.673 e. The van der Waals surface area contributed by atoms with Crippen LogP contribution in [0.5, 0.6) is 0 Å². The Balaban J connectivity index is 0.000000505. The summed E-state index contributed by atoms with van der Waals surface area (Å²) >= 11 is 0. The van der Waals surface area contributed by atoms with Crippen LogP contribution in [0.4, 0.5) is 17.3 Å². The molecule has 0 aromatic heterocycles. The quantitative estimate of drug-likeness (QED) is 0.267. The van der Waals surface area contributed by atoms with Crippen LogP contribution in [0.15, 0.2) is 70.5 Å². The fourth-order valence-electron chi connectivity index (χ4n) is 1.57. The zero-order chi connectivity index (χ0) is 18.2. The van der Waals surface area contributed by atoms with Crippen LogP contribution in [0, 0.1) is 16.6 Å². The van der Waals surface area contributed by atoms with Gasteiger partial charge in [-0.05, 0) is 51.0 Å². The first kappa shape index (κ1) is 20.2. The average molecular weight is 354 g/mol. The lowest BCUT2D eigenvalue weighted by atomic mass is 9.99. The third-order valence-electron chi connectivity index (χ3n) is 2.49. The molecule has 6 heteroatoms. The van der Waals surface area contributed by atoms with E-state index >= 15 is 0 Å². The Hall–Kier alpha value is -1.87. The predicted octanol–water partition coefficient (Wildman–Crippen LogP) is 6.03. The van der Waals surface area contributed by atoms with Crippen molar-refractivity contribution < 1.29 is 17.3 Å². The molecule has 0 fully saturated rings. The summed E-state index contributed by atoms with van der Waals surface area (Å²) in [4.78, 5) is 2.57. The number of benzene rings is 2. The van der Waals surface area contributed by atoms with Crippen molar-refractivity contribution in [1.82, 2.24) is 0 Å². The van der Waals surface area contributed by atoms with Crippen LogP contribution in [0.3, 0.4) is 0 Å². The van der Waals surface area contributed by atoms with Gasteiger partial charge < -0.3 is 17.3 Å². The number of hydrogen-bond donors (Lipinski definition) is 0. The van der Waals surface area contributed by atoms with Gasteiger partial charge in [0.05, 0.1) is 0 Å². The molecule has 0 saturated carbocycles. The third-order valence-corrected chi connectivity index (χ3v) is 4.28. The highest BCUT2D eigenvalue weighted by Gasteiger charge is 2.24. The van der Waals surface area contributed by atoms with Crippen LogP contribution >= 0.6 is 0 Å². The lowest BCUT2D eigenvalue weighted by molar-refractivity contribution is 0.368. The van der Waals surface area contributed by atoms with Crippen molar-refractivity contribution in [2.24, 2.45) is 5.41 Å². The molecule has 0 bridgehead atoms. The number of halogens is 4. The highest BCUT2D eigenvalue weighted by Crippen LogP contribution is 2.23. The Morgan fingerprint density at radius 2 is 1.08 bits per heavy atom. The highest BCUT2D eigenvalue weighted by atomic mass is 32.2. The zero-order valence-electron chi connectivity index (χ0n) is 13.8. The summed E-state index contributed by atoms with van der Waals surface area (Å²) in [6.45, 7) is 6.45. The highest BCUT2D eigenvalue weighted by molar-refractivity contribution is 8.01. The summed E-state index contributed by atoms with van der Waals surface area (Å²) in [5.41, 5.74) is 0.0365. The van der Waals surface area contributed by atoms with Crippen LogP contribution in [0.25, 0.3) is 0 Å². The molecule has 0 spiro atoms. The molecule has 0 atom stereocenters. The second kappa shape index (κ2) is 8.84. The molecule has 2 aromatic rings. The maximum atomic E-state index is 9.75. The first-order valence-corrected chi connectivity index (χ1v) is 8.53. The Labute approximate surface area is 143 Å². The van der Waals surface area contributed by atoms with Crippen molar-refractivity contribution in [1.29, 1.82) is 0 Å². The van der Waals surface area contributed by atoms with E-state index in [1.54, 1.807) is 0 Å². The average Bonchev–Trinajstić information content (AvgIpc) is 2.47. The molecule has 0 amide bonds. The van der Waals surface area contributed by atoms with Gasteiger partial charge in [0, 0.05) is 5.41 Å². The molecule has 2 aromatic carbocycles. The minimum absolute atomic E-state index is 0.0365. The van der Waals surface area contributed by atoms with Crippen molar-refractivity contribution in [3.05, 3.63) is 60.7 Å². The van der Waals surface area contributed by atoms with E-state index in [9.17, 15) is 17.3 Å². The fraction of sp³-hybridized carbons (Fsp3) is 0.222. The second-order valence-corrected chi connectivity index (χ2v) is 7.66. The Morgan fingerprint density at radius 1 is 0.750 bits per heavy atom. The summed E-state index contributed by atoms with van der Waals surface area (Å²) in [5.74, 6) is 3.38. The summed E-state index contributed by atoms with van der Waals surface area (Å²) in [6.07, 6.45) is 0. The first-order chi connectivity index (χ1) is 11.1. The molecule has 0 unspecified atom stereocenters. The van der Waals surface area contributed by atoms with Gasteiger partial charge in [0.25, 0.3) is 0 Å². The Kier molecular flexibility index (Phi) is 7.43. The molecule has 0 heterocycles. The first-order valence-electron chi connectivity index (χ1n) is 7.31. The van der Waals surface area contributed by atoms with E-state index in [4.69, 9.17) is 0 Å². The van der Waals surface area contributed by atoms with E-state index in [1.807, 2.05) is 12.1 Å². The van der Waals surface area contributed by atoms with Gasteiger partial charge >= 0.3 is 7.25 Å². The molecule has 24 heavy (non-hydrogen) atoms.